The van der Waals surface area contributed by atoms with E-state index in [1.165, 1.54) is 18.4 Å². The Labute approximate surface area is 127 Å². The van der Waals surface area contributed by atoms with Crippen molar-refractivity contribution in [2.45, 2.75) is 39.5 Å². The van der Waals surface area contributed by atoms with Gasteiger partial charge in [-0.2, -0.15) is 0 Å². The van der Waals surface area contributed by atoms with Gasteiger partial charge in [0.2, 0.25) is 5.91 Å². The van der Waals surface area contributed by atoms with Gasteiger partial charge in [0.15, 0.2) is 0 Å². The summed E-state index contributed by atoms with van der Waals surface area (Å²) in [5.41, 5.74) is 3.26. The Kier molecular flexibility index (Phi) is 7.03. The average Bonchev–Trinajstić information content (AvgIpc) is 2.42. The third-order valence-electron chi connectivity index (χ3n) is 3.91. The highest BCUT2D eigenvalue weighted by molar-refractivity contribution is 5.91. The predicted molar refractivity (Wildman–Crippen MR) is 86.6 cm³/mol. The number of anilines is 1. The van der Waals surface area contributed by atoms with Crippen molar-refractivity contribution in [3.05, 3.63) is 29.3 Å². The van der Waals surface area contributed by atoms with Crippen LogP contribution in [0.4, 0.5) is 5.69 Å². The first kappa shape index (κ1) is 17.0. The van der Waals surface area contributed by atoms with Crippen LogP contribution in [0.1, 0.15) is 36.8 Å². The van der Waals surface area contributed by atoms with Crippen LogP contribution >= 0.6 is 12.4 Å². The van der Waals surface area contributed by atoms with E-state index in [0.717, 1.165) is 30.8 Å². The monoisotopic (exact) mass is 296 g/mol. The number of piperidine rings is 1. The smallest absolute Gasteiger partial charge is 0.224 e. The Morgan fingerprint density at radius 2 is 2.00 bits per heavy atom. The zero-order valence-corrected chi connectivity index (χ0v) is 13.2. The van der Waals surface area contributed by atoms with Gasteiger partial charge in [0.1, 0.15) is 0 Å². The van der Waals surface area contributed by atoms with Crippen LogP contribution in [0.5, 0.6) is 0 Å². The van der Waals surface area contributed by atoms with Gasteiger partial charge in [-0.05, 0) is 69.3 Å². The maximum absolute atomic E-state index is 12.0. The summed E-state index contributed by atoms with van der Waals surface area (Å²) in [6.07, 6.45) is 4.06. The number of halogens is 1. The standard InChI is InChI=1S/C16H24N2O.ClH/c1-12-3-4-13(2)15(11-12)18-16(19)6-5-14-7-9-17-10-8-14;/h3-4,11,14,17H,5-10H2,1-2H3,(H,18,19);1H. The molecule has 0 aromatic heterocycles. The summed E-state index contributed by atoms with van der Waals surface area (Å²) in [5.74, 6) is 0.859. The van der Waals surface area contributed by atoms with Crippen LogP contribution in [0.25, 0.3) is 0 Å². The molecule has 0 spiro atoms. The number of carbonyl (C=O) groups is 1. The molecule has 20 heavy (non-hydrogen) atoms. The molecule has 0 atom stereocenters. The predicted octanol–water partition coefficient (Wildman–Crippen LogP) is 3.44. The minimum atomic E-state index is 0. The van der Waals surface area contributed by atoms with Gasteiger partial charge >= 0.3 is 0 Å². The fraction of sp³-hybridized carbons (Fsp3) is 0.562. The maximum Gasteiger partial charge on any atom is 0.224 e. The maximum atomic E-state index is 12.0. The first-order valence-electron chi connectivity index (χ1n) is 7.23. The zero-order chi connectivity index (χ0) is 13.7. The van der Waals surface area contributed by atoms with Crippen molar-refractivity contribution in [3.8, 4) is 0 Å². The summed E-state index contributed by atoms with van der Waals surface area (Å²) < 4.78 is 0. The molecule has 0 aliphatic carbocycles. The molecule has 1 saturated heterocycles. The lowest BCUT2D eigenvalue weighted by atomic mass is 9.93. The molecule has 1 fully saturated rings. The van der Waals surface area contributed by atoms with Gasteiger partial charge in [-0.3, -0.25) is 4.79 Å². The lowest BCUT2D eigenvalue weighted by molar-refractivity contribution is -0.116. The summed E-state index contributed by atoms with van der Waals surface area (Å²) >= 11 is 0. The number of carbonyl (C=O) groups excluding carboxylic acids is 1. The molecular formula is C16H25ClN2O. The topological polar surface area (TPSA) is 41.1 Å². The van der Waals surface area contributed by atoms with Crippen LogP contribution in [0.2, 0.25) is 0 Å². The Bertz CT molecular complexity index is 442. The van der Waals surface area contributed by atoms with Gasteiger partial charge in [-0.1, -0.05) is 12.1 Å². The number of hydrogen-bond donors (Lipinski definition) is 2. The van der Waals surface area contributed by atoms with E-state index in [9.17, 15) is 4.79 Å². The molecule has 1 aromatic rings. The first-order chi connectivity index (χ1) is 9.15. The second kappa shape index (κ2) is 8.28. The first-order valence-corrected chi connectivity index (χ1v) is 7.23. The summed E-state index contributed by atoms with van der Waals surface area (Å²) in [6, 6.07) is 6.16. The van der Waals surface area contributed by atoms with Gasteiger partial charge in [0.05, 0.1) is 0 Å². The van der Waals surface area contributed by atoms with Gasteiger partial charge in [0, 0.05) is 12.1 Å². The van der Waals surface area contributed by atoms with Crippen LogP contribution < -0.4 is 10.6 Å². The van der Waals surface area contributed by atoms with Gasteiger partial charge in [-0.25, -0.2) is 0 Å². The van der Waals surface area contributed by atoms with E-state index < -0.39 is 0 Å². The number of nitrogens with one attached hydrogen (secondary N) is 2. The van der Waals surface area contributed by atoms with Crippen molar-refractivity contribution in [3.63, 3.8) is 0 Å². The third kappa shape index (κ3) is 5.14. The highest BCUT2D eigenvalue weighted by atomic mass is 35.5. The summed E-state index contributed by atoms with van der Waals surface area (Å²) in [7, 11) is 0. The molecule has 1 amide bonds. The molecule has 2 rings (SSSR count). The van der Waals surface area contributed by atoms with E-state index >= 15 is 0 Å². The Hall–Kier alpha value is -1.06. The second-order valence-electron chi connectivity index (χ2n) is 5.60. The fourth-order valence-electron chi connectivity index (χ4n) is 2.59. The molecule has 3 nitrogen and oxygen atoms in total. The SMILES string of the molecule is Cc1ccc(C)c(NC(=O)CCC2CCNCC2)c1.Cl. The molecule has 112 valence electrons. The molecule has 1 heterocycles. The van der Waals surface area contributed by atoms with Crippen LogP contribution in [0.15, 0.2) is 18.2 Å². The minimum Gasteiger partial charge on any atom is -0.326 e. The van der Waals surface area contributed by atoms with Gasteiger partial charge < -0.3 is 10.6 Å². The molecule has 0 bridgehead atoms. The van der Waals surface area contributed by atoms with Crippen LogP contribution in [0, 0.1) is 19.8 Å². The van der Waals surface area contributed by atoms with Gasteiger partial charge in [0.25, 0.3) is 0 Å². The Morgan fingerprint density at radius 1 is 1.30 bits per heavy atom. The Morgan fingerprint density at radius 3 is 2.70 bits per heavy atom. The van der Waals surface area contributed by atoms with E-state index in [-0.39, 0.29) is 18.3 Å². The normalized spacial score (nSPS) is 15.5. The largest absolute Gasteiger partial charge is 0.326 e. The molecular weight excluding hydrogens is 272 g/mol. The lowest BCUT2D eigenvalue weighted by Crippen LogP contribution is -2.28. The Balaban J connectivity index is 0.00000200. The quantitative estimate of drug-likeness (QED) is 0.893. The number of rotatable bonds is 4. The number of amides is 1. The van der Waals surface area contributed by atoms with Crippen molar-refractivity contribution in [1.82, 2.24) is 5.32 Å². The molecule has 1 aromatic carbocycles. The fourth-order valence-corrected chi connectivity index (χ4v) is 2.59. The van der Waals surface area contributed by atoms with Crippen molar-refractivity contribution in [2.24, 2.45) is 5.92 Å². The van der Waals surface area contributed by atoms with Crippen molar-refractivity contribution < 1.29 is 4.79 Å². The van der Waals surface area contributed by atoms with Crippen molar-refractivity contribution in [2.75, 3.05) is 18.4 Å². The van der Waals surface area contributed by atoms with Crippen molar-refractivity contribution >= 4 is 24.0 Å². The van der Waals surface area contributed by atoms with Crippen LogP contribution in [-0.4, -0.2) is 19.0 Å². The molecule has 0 radical (unpaired) electrons. The third-order valence-corrected chi connectivity index (χ3v) is 3.91. The highest BCUT2D eigenvalue weighted by Gasteiger charge is 2.14. The number of aryl methyl sites for hydroxylation is 2. The zero-order valence-electron chi connectivity index (χ0n) is 12.4. The van der Waals surface area contributed by atoms with Crippen LogP contribution in [0.3, 0.4) is 0 Å². The summed E-state index contributed by atoms with van der Waals surface area (Å²) in [4.78, 5) is 12.0. The van der Waals surface area contributed by atoms with E-state index in [1.807, 2.05) is 19.9 Å². The molecule has 1 aliphatic rings. The van der Waals surface area contributed by atoms with E-state index in [0.29, 0.717) is 12.3 Å². The summed E-state index contributed by atoms with van der Waals surface area (Å²) in [6.45, 7) is 6.28. The minimum absolute atomic E-state index is 0. The molecule has 1 aliphatic heterocycles. The van der Waals surface area contributed by atoms with E-state index in [1.54, 1.807) is 0 Å². The number of hydrogen-bond acceptors (Lipinski definition) is 2. The number of benzene rings is 1. The highest BCUT2D eigenvalue weighted by Crippen LogP contribution is 2.20. The molecule has 4 heteroatoms. The average molecular weight is 297 g/mol. The van der Waals surface area contributed by atoms with E-state index in [4.69, 9.17) is 0 Å². The molecule has 0 saturated carbocycles. The van der Waals surface area contributed by atoms with Crippen molar-refractivity contribution in [1.29, 1.82) is 0 Å². The molecule has 0 unspecified atom stereocenters. The summed E-state index contributed by atoms with van der Waals surface area (Å²) in [5, 5.41) is 6.39. The molecule has 2 N–H and O–H groups in total. The second-order valence-corrected chi connectivity index (χ2v) is 5.60. The lowest BCUT2D eigenvalue weighted by Gasteiger charge is -2.22. The van der Waals surface area contributed by atoms with Crippen LogP contribution in [-0.2, 0) is 4.79 Å². The van der Waals surface area contributed by atoms with Gasteiger partial charge in [-0.15, -0.1) is 12.4 Å². The van der Waals surface area contributed by atoms with E-state index in [2.05, 4.69) is 22.8 Å².